The normalized spacial score (nSPS) is 13.5. The van der Waals surface area contributed by atoms with Gasteiger partial charge in [0.15, 0.2) is 13.2 Å². The van der Waals surface area contributed by atoms with Crippen LogP contribution in [-0.2, 0) is 25.7 Å². The van der Waals surface area contributed by atoms with Gasteiger partial charge in [0.1, 0.15) is 12.4 Å². The molecule has 2 rings (SSSR count). The summed E-state index contributed by atoms with van der Waals surface area (Å²) in [6.45, 7) is 7.30. The van der Waals surface area contributed by atoms with Crippen LogP contribution in [-0.4, -0.2) is 37.3 Å². The molecule has 0 spiro atoms. The molecule has 5 nitrogen and oxygen atoms in total. The summed E-state index contributed by atoms with van der Waals surface area (Å²) in [4.78, 5) is 24.2. The van der Waals surface area contributed by atoms with Crippen LogP contribution in [0.2, 0.25) is 0 Å². The largest absolute Gasteiger partial charge is 0.482 e. The minimum atomic E-state index is -5.81. The molecule has 2 aromatic carbocycles. The van der Waals surface area contributed by atoms with Gasteiger partial charge in [0.2, 0.25) is 0 Å². The van der Waals surface area contributed by atoms with E-state index < -0.39 is 31.3 Å². The third-order valence-corrected chi connectivity index (χ3v) is 5.48. The average Bonchev–Trinajstić information content (AvgIpc) is 2.76. The maximum atomic E-state index is 12.8. The van der Waals surface area contributed by atoms with E-state index >= 15 is 0 Å². The lowest BCUT2D eigenvalue weighted by Crippen LogP contribution is -2.41. The van der Waals surface area contributed by atoms with Crippen molar-refractivity contribution in [2.45, 2.75) is 59.7 Å². The predicted molar refractivity (Wildman–Crippen MR) is 124 cm³/mol. The monoisotopic (exact) mass is 518 g/mol. The van der Waals surface area contributed by atoms with Crippen LogP contribution in [0.5, 0.6) is 5.75 Å². The van der Waals surface area contributed by atoms with E-state index in [1.165, 1.54) is 6.07 Å². The first-order valence-electron chi connectivity index (χ1n) is 11.4. The lowest BCUT2D eigenvalue weighted by molar-refractivity contribution is -0.294. The van der Waals surface area contributed by atoms with Gasteiger partial charge >= 0.3 is 24.0 Å². The Morgan fingerprint density at radius 1 is 0.889 bits per heavy atom. The highest BCUT2D eigenvalue weighted by Crippen LogP contribution is 2.35. The topological polar surface area (TPSA) is 61.8 Å². The number of carbonyl (C=O) groups is 2. The predicted octanol–water partition coefficient (Wildman–Crippen LogP) is 6.71. The smallest absolute Gasteiger partial charge is 0.456 e. The third-order valence-electron chi connectivity index (χ3n) is 5.48. The summed E-state index contributed by atoms with van der Waals surface area (Å²) in [5.74, 6) is -6.43. The summed E-state index contributed by atoms with van der Waals surface area (Å²) in [7, 11) is 0. The van der Waals surface area contributed by atoms with E-state index in [0.717, 1.165) is 17.4 Å². The fourth-order valence-electron chi connectivity index (χ4n) is 3.42. The first-order valence-corrected chi connectivity index (χ1v) is 11.4. The van der Waals surface area contributed by atoms with Crippen LogP contribution in [0, 0.1) is 17.3 Å². The van der Waals surface area contributed by atoms with Crippen LogP contribution >= 0.6 is 0 Å². The van der Waals surface area contributed by atoms with Crippen LogP contribution in [0.1, 0.15) is 46.6 Å². The van der Waals surface area contributed by atoms with Gasteiger partial charge in [0, 0.05) is 0 Å². The van der Waals surface area contributed by atoms with E-state index in [1.54, 1.807) is 24.3 Å². The van der Waals surface area contributed by atoms with Crippen molar-refractivity contribution in [1.29, 1.82) is 0 Å². The molecule has 0 saturated carbocycles. The van der Waals surface area contributed by atoms with Gasteiger partial charge in [-0.25, -0.2) is 4.79 Å². The van der Waals surface area contributed by atoms with Crippen molar-refractivity contribution in [2.24, 2.45) is 17.3 Å². The van der Waals surface area contributed by atoms with E-state index in [0.29, 0.717) is 11.3 Å². The zero-order valence-corrected chi connectivity index (χ0v) is 20.9. The second kappa shape index (κ2) is 11.4. The number of carbonyl (C=O) groups excluding carboxylic acids is 2. The van der Waals surface area contributed by atoms with Crippen molar-refractivity contribution in [3.8, 4) is 5.75 Å². The Labute approximate surface area is 206 Å². The van der Waals surface area contributed by atoms with Crippen LogP contribution < -0.4 is 4.74 Å². The molecule has 0 bridgehead atoms. The molecule has 0 heterocycles. The Bertz CT molecular complexity index is 1060. The summed E-state index contributed by atoms with van der Waals surface area (Å²) in [6, 6.07) is 10.1. The molecule has 200 valence electrons. The van der Waals surface area contributed by atoms with E-state index in [4.69, 9.17) is 9.47 Å². The zero-order valence-electron chi connectivity index (χ0n) is 20.9. The molecule has 0 N–H and O–H groups in total. The highest BCUT2D eigenvalue weighted by atomic mass is 19.4. The molecule has 0 radical (unpaired) electrons. The van der Waals surface area contributed by atoms with E-state index in [-0.39, 0.29) is 29.7 Å². The number of halogens is 5. The van der Waals surface area contributed by atoms with E-state index in [9.17, 15) is 31.5 Å². The maximum Gasteiger partial charge on any atom is 0.456 e. The number of benzene rings is 2. The molecule has 0 saturated heterocycles. The van der Waals surface area contributed by atoms with Gasteiger partial charge in [-0.3, -0.25) is 4.79 Å². The first kappa shape index (κ1) is 29.3. The first-order chi connectivity index (χ1) is 16.5. The Kier molecular flexibility index (Phi) is 9.31. The molecule has 36 heavy (non-hydrogen) atoms. The summed E-state index contributed by atoms with van der Waals surface area (Å²) in [5.41, 5.74) is 0.545. The standard InChI is InChI=1S/C26H31F5O5/c1-16(2)10-21(24(3,4)5)23(33)35-13-17-6-7-19-12-20(9-8-18(19)11-17)34-14-22(32)36-15-25(27,28)26(29,30)31/h6-9,11-12,16,21H,10,13-15H2,1-5H3. The van der Waals surface area contributed by atoms with Crippen LogP contribution in [0.4, 0.5) is 22.0 Å². The molecular formula is C26H31F5O5. The third kappa shape index (κ3) is 8.34. The minimum absolute atomic E-state index is 0.103. The van der Waals surface area contributed by atoms with Crippen molar-refractivity contribution in [2.75, 3.05) is 13.2 Å². The number of hydrogen-bond donors (Lipinski definition) is 0. The zero-order chi connectivity index (χ0) is 27.3. The average molecular weight is 519 g/mol. The number of fused-ring (bicyclic) bond motifs is 1. The Morgan fingerprint density at radius 2 is 1.50 bits per heavy atom. The van der Waals surface area contributed by atoms with Gasteiger partial charge in [-0.05, 0) is 52.3 Å². The number of ether oxygens (including phenoxy) is 3. The van der Waals surface area contributed by atoms with Crippen molar-refractivity contribution >= 4 is 22.7 Å². The molecule has 1 unspecified atom stereocenters. The fraction of sp³-hybridized carbons (Fsp3) is 0.538. The lowest BCUT2D eigenvalue weighted by atomic mass is 9.76. The fourth-order valence-corrected chi connectivity index (χ4v) is 3.42. The van der Waals surface area contributed by atoms with E-state index in [1.807, 2.05) is 26.8 Å². The van der Waals surface area contributed by atoms with Gasteiger partial charge in [-0.2, -0.15) is 22.0 Å². The second-order valence-electron chi connectivity index (χ2n) is 10.2. The van der Waals surface area contributed by atoms with Crippen LogP contribution in [0.25, 0.3) is 10.8 Å². The molecule has 0 amide bonds. The summed E-state index contributed by atoms with van der Waals surface area (Å²) < 4.78 is 76.8. The second-order valence-corrected chi connectivity index (χ2v) is 10.2. The SMILES string of the molecule is CC(C)CC(C(=O)OCc1ccc2cc(OCC(=O)OCC(F)(F)C(F)(F)F)ccc2c1)C(C)(C)C. The maximum absolute atomic E-state index is 12.8. The van der Waals surface area contributed by atoms with Crippen molar-refractivity contribution < 1.29 is 45.8 Å². The van der Waals surface area contributed by atoms with Gasteiger partial charge in [0.25, 0.3) is 0 Å². The Morgan fingerprint density at radius 3 is 2.08 bits per heavy atom. The summed E-state index contributed by atoms with van der Waals surface area (Å²) in [5, 5.41) is 1.50. The van der Waals surface area contributed by atoms with Crippen molar-refractivity contribution in [3.05, 3.63) is 42.0 Å². The van der Waals surface area contributed by atoms with Gasteiger partial charge in [-0.1, -0.05) is 52.8 Å². The molecule has 0 aliphatic heterocycles. The molecule has 0 fully saturated rings. The quantitative estimate of drug-likeness (QED) is 0.258. The number of hydrogen-bond acceptors (Lipinski definition) is 5. The molecule has 0 aliphatic carbocycles. The van der Waals surface area contributed by atoms with Gasteiger partial charge < -0.3 is 14.2 Å². The van der Waals surface area contributed by atoms with Crippen LogP contribution in [0.15, 0.2) is 36.4 Å². The Balaban J connectivity index is 1.96. The minimum Gasteiger partial charge on any atom is -0.482 e. The lowest BCUT2D eigenvalue weighted by Gasteiger charge is -2.30. The van der Waals surface area contributed by atoms with Crippen molar-refractivity contribution in [3.63, 3.8) is 0 Å². The summed E-state index contributed by atoms with van der Waals surface area (Å²) >= 11 is 0. The highest BCUT2D eigenvalue weighted by molar-refractivity contribution is 5.84. The Hall–Kier alpha value is -2.91. The molecule has 0 aliphatic rings. The van der Waals surface area contributed by atoms with E-state index in [2.05, 4.69) is 18.6 Å². The molecular weight excluding hydrogens is 487 g/mol. The van der Waals surface area contributed by atoms with Crippen LogP contribution in [0.3, 0.4) is 0 Å². The van der Waals surface area contributed by atoms with Gasteiger partial charge in [-0.15, -0.1) is 0 Å². The number of esters is 2. The van der Waals surface area contributed by atoms with Crippen molar-refractivity contribution in [1.82, 2.24) is 0 Å². The van der Waals surface area contributed by atoms with Gasteiger partial charge in [0.05, 0.1) is 5.92 Å². The molecule has 2 aromatic rings. The molecule has 0 aromatic heterocycles. The number of alkyl halides is 5. The highest BCUT2D eigenvalue weighted by Gasteiger charge is 2.58. The number of rotatable bonds is 10. The summed E-state index contributed by atoms with van der Waals surface area (Å²) in [6.07, 6.45) is -5.09. The molecule has 1 atom stereocenters. The molecule has 10 heteroatoms.